The summed E-state index contributed by atoms with van der Waals surface area (Å²) < 4.78 is 50.5. The second kappa shape index (κ2) is 10.6. The maximum atomic E-state index is 13.2. The van der Waals surface area contributed by atoms with Gasteiger partial charge in [-0.2, -0.15) is 13.2 Å². The van der Waals surface area contributed by atoms with Crippen molar-refractivity contribution in [2.75, 3.05) is 43.6 Å². The number of fused-ring (bicyclic) bond motifs is 1. The fourth-order valence-corrected chi connectivity index (χ4v) is 3.54. The Morgan fingerprint density at radius 1 is 1.15 bits per heavy atom. The van der Waals surface area contributed by atoms with Gasteiger partial charge in [-0.1, -0.05) is 24.3 Å². The summed E-state index contributed by atoms with van der Waals surface area (Å²) in [5, 5.41) is 2.23. The molecule has 2 aromatic carbocycles. The number of ether oxygens (including phenoxy) is 2. The summed E-state index contributed by atoms with van der Waals surface area (Å²) in [5.41, 5.74) is -0.892. The Balaban J connectivity index is 1.78. The maximum absolute atomic E-state index is 13.2. The largest absolute Gasteiger partial charge is 0.476 e. The summed E-state index contributed by atoms with van der Waals surface area (Å²) in [4.78, 5) is 40.5. The van der Waals surface area contributed by atoms with Gasteiger partial charge in [0.05, 0.1) is 30.1 Å². The molecule has 1 heterocycles. The van der Waals surface area contributed by atoms with Gasteiger partial charge in [-0.25, -0.2) is 0 Å². The molecule has 0 unspecified atom stereocenters. The van der Waals surface area contributed by atoms with E-state index in [0.717, 1.165) is 17.0 Å². The van der Waals surface area contributed by atoms with Crippen LogP contribution in [0.5, 0.6) is 5.75 Å². The van der Waals surface area contributed by atoms with Crippen LogP contribution in [0.15, 0.2) is 48.5 Å². The molecule has 3 rings (SSSR count). The van der Waals surface area contributed by atoms with Crippen LogP contribution in [-0.4, -0.2) is 62.1 Å². The number of amides is 3. The van der Waals surface area contributed by atoms with Crippen LogP contribution < -0.4 is 15.0 Å². The number of nitrogens with one attached hydrogen (secondary N) is 1. The number of halogens is 3. The van der Waals surface area contributed by atoms with Crippen molar-refractivity contribution in [2.24, 2.45) is 0 Å². The Morgan fingerprint density at radius 2 is 1.82 bits per heavy atom. The van der Waals surface area contributed by atoms with Crippen LogP contribution in [0.3, 0.4) is 0 Å². The Bertz CT molecular complexity index is 1060. The number of para-hydroxylation sites is 3. The number of anilines is 2. The van der Waals surface area contributed by atoms with E-state index in [1.54, 1.807) is 24.3 Å². The number of nitrogens with zero attached hydrogens (tertiary/aromatic N) is 2. The van der Waals surface area contributed by atoms with Gasteiger partial charge in [-0.05, 0) is 24.3 Å². The lowest BCUT2D eigenvalue weighted by Gasteiger charge is -2.35. The molecule has 11 heteroatoms. The highest BCUT2D eigenvalue weighted by atomic mass is 19.4. The van der Waals surface area contributed by atoms with Crippen molar-refractivity contribution in [3.63, 3.8) is 0 Å². The van der Waals surface area contributed by atoms with E-state index in [4.69, 9.17) is 9.47 Å². The lowest BCUT2D eigenvalue weighted by Crippen LogP contribution is -2.53. The highest BCUT2D eigenvalue weighted by Gasteiger charge is 2.36. The van der Waals surface area contributed by atoms with Crippen LogP contribution in [0.4, 0.5) is 24.5 Å². The molecule has 0 bridgehead atoms. The van der Waals surface area contributed by atoms with Gasteiger partial charge in [0.15, 0.2) is 6.10 Å². The molecule has 0 saturated heterocycles. The van der Waals surface area contributed by atoms with E-state index < -0.39 is 41.9 Å². The number of methoxy groups -OCH3 is 1. The number of benzene rings is 2. The third-order valence-electron chi connectivity index (χ3n) is 5.15. The lowest BCUT2D eigenvalue weighted by molar-refractivity contribution is -0.142. The molecule has 2 aromatic rings. The zero-order chi connectivity index (χ0) is 24.9. The number of rotatable bonds is 7. The minimum absolute atomic E-state index is 0.00868. The summed E-state index contributed by atoms with van der Waals surface area (Å²) in [5.74, 6) is -1.38. The molecule has 0 fully saturated rings. The van der Waals surface area contributed by atoms with Crippen molar-refractivity contribution in [1.82, 2.24) is 4.90 Å². The van der Waals surface area contributed by atoms with E-state index in [1.165, 1.54) is 31.1 Å². The maximum Gasteiger partial charge on any atom is 0.418 e. The van der Waals surface area contributed by atoms with Gasteiger partial charge in [0.2, 0.25) is 11.8 Å². The average Bonchev–Trinajstić information content (AvgIpc) is 2.80. The molecule has 1 aliphatic rings. The van der Waals surface area contributed by atoms with Crippen LogP contribution in [0.2, 0.25) is 0 Å². The Labute approximate surface area is 194 Å². The smallest absolute Gasteiger partial charge is 0.418 e. The van der Waals surface area contributed by atoms with E-state index in [9.17, 15) is 27.6 Å². The zero-order valence-corrected chi connectivity index (χ0v) is 18.6. The molecule has 34 heavy (non-hydrogen) atoms. The third kappa shape index (κ3) is 5.84. The Hall–Kier alpha value is -3.60. The number of carbonyl (C=O) groups is 3. The first-order valence-corrected chi connectivity index (χ1v) is 10.4. The second-order valence-corrected chi connectivity index (χ2v) is 7.55. The van der Waals surface area contributed by atoms with Crippen molar-refractivity contribution in [3.8, 4) is 5.75 Å². The zero-order valence-electron chi connectivity index (χ0n) is 18.6. The van der Waals surface area contributed by atoms with E-state index in [2.05, 4.69) is 5.32 Å². The van der Waals surface area contributed by atoms with Crippen LogP contribution in [0, 0.1) is 0 Å². The topological polar surface area (TPSA) is 88.2 Å². The molecular weight excluding hydrogens is 455 g/mol. The molecule has 182 valence electrons. The number of carbonyl (C=O) groups excluding carboxylic acids is 3. The molecular formula is C23H24F3N3O5. The van der Waals surface area contributed by atoms with E-state index in [1.807, 2.05) is 0 Å². The average molecular weight is 479 g/mol. The summed E-state index contributed by atoms with van der Waals surface area (Å²) >= 11 is 0. The predicted octanol–water partition coefficient (Wildman–Crippen LogP) is 2.93. The first-order valence-electron chi connectivity index (χ1n) is 10.4. The molecule has 0 radical (unpaired) electrons. The molecule has 1 aliphatic heterocycles. The van der Waals surface area contributed by atoms with Gasteiger partial charge in [0.25, 0.3) is 5.91 Å². The van der Waals surface area contributed by atoms with Gasteiger partial charge in [0, 0.05) is 20.6 Å². The standard InChI is InChI=1S/C23H24F3N3O5/c1-15(30)29-13-20(34-19-10-6-5-9-18(19)29)22(32)28(11-12-33-2)14-21(31)27-17-8-4-3-7-16(17)23(24,25)26/h3-10,20H,11-14H2,1-2H3,(H,27,31)/t20-/m0/s1. The van der Waals surface area contributed by atoms with Crippen molar-refractivity contribution >= 4 is 29.1 Å². The first-order chi connectivity index (χ1) is 16.1. The van der Waals surface area contributed by atoms with Crippen molar-refractivity contribution in [1.29, 1.82) is 0 Å². The van der Waals surface area contributed by atoms with Gasteiger partial charge in [-0.15, -0.1) is 0 Å². The summed E-state index contributed by atoms with van der Waals surface area (Å²) in [6.45, 7) is 0.824. The van der Waals surface area contributed by atoms with E-state index in [0.29, 0.717) is 11.4 Å². The summed E-state index contributed by atoms with van der Waals surface area (Å²) in [6.07, 6.45) is -5.76. The quantitative estimate of drug-likeness (QED) is 0.660. The monoisotopic (exact) mass is 479 g/mol. The molecule has 0 aliphatic carbocycles. The summed E-state index contributed by atoms with van der Waals surface area (Å²) in [6, 6.07) is 11.3. The predicted molar refractivity (Wildman–Crippen MR) is 117 cm³/mol. The van der Waals surface area contributed by atoms with Crippen molar-refractivity contribution < 1.29 is 37.0 Å². The normalized spacial score (nSPS) is 15.2. The highest BCUT2D eigenvalue weighted by Crippen LogP contribution is 2.35. The lowest BCUT2D eigenvalue weighted by atomic mass is 10.1. The fourth-order valence-electron chi connectivity index (χ4n) is 3.54. The highest BCUT2D eigenvalue weighted by molar-refractivity contribution is 5.98. The first kappa shape index (κ1) is 25.0. The number of hydrogen-bond donors (Lipinski definition) is 1. The Kier molecular flexibility index (Phi) is 7.77. The molecule has 3 amide bonds. The van der Waals surface area contributed by atoms with Gasteiger partial charge >= 0.3 is 6.18 Å². The van der Waals surface area contributed by atoms with Crippen LogP contribution in [0.25, 0.3) is 0 Å². The third-order valence-corrected chi connectivity index (χ3v) is 5.15. The minimum atomic E-state index is -4.66. The molecule has 0 saturated carbocycles. The molecule has 0 aromatic heterocycles. The SMILES string of the molecule is COCCN(CC(=O)Nc1ccccc1C(F)(F)F)C(=O)[C@@H]1CN(C(C)=O)c2ccccc2O1. The van der Waals surface area contributed by atoms with E-state index in [-0.39, 0.29) is 25.6 Å². The van der Waals surface area contributed by atoms with Gasteiger partial charge < -0.3 is 24.6 Å². The van der Waals surface area contributed by atoms with Gasteiger partial charge in [0.1, 0.15) is 12.3 Å². The van der Waals surface area contributed by atoms with Crippen molar-refractivity contribution in [3.05, 3.63) is 54.1 Å². The molecule has 1 atom stereocenters. The van der Waals surface area contributed by atoms with Crippen molar-refractivity contribution in [2.45, 2.75) is 19.2 Å². The summed E-state index contributed by atoms with van der Waals surface area (Å²) in [7, 11) is 1.41. The molecule has 0 spiro atoms. The fraction of sp³-hybridized carbons (Fsp3) is 0.348. The van der Waals surface area contributed by atoms with E-state index >= 15 is 0 Å². The van der Waals surface area contributed by atoms with Crippen LogP contribution in [0.1, 0.15) is 12.5 Å². The minimum Gasteiger partial charge on any atom is -0.476 e. The number of hydrogen-bond acceptors (Lipinski definition) is 5. The molecule has 1 N–H and O–H groups in total. The van der Waals surface area contributed by atoms with Crippen LogP contribution >= 0.6 is 0 Å². The molecule has 8 nitrogen and oxygen atoms in total. The second-order valence-electron chi connectivity index (χ2n) is 7.55. The van der Waals surface area contributed by atoms with Gasteiger partial charge in [-0.3, -0.25) is 14.4 Å². The Morgan fingerprint density at radius 3 is 2.50 bits per heavy atom. The van der Waals surface area contributed by atoms with Crippen LogP contribution in [-0.2, 0) is 25.3 Å². The number of alkyl halides is 3.